The Morgan fingerprint density at radius 1 is 1.35 bits per heavy atom. The summed E-state index contributed by atoms with van der Waals surface area (Å²) in [6, 6.07) is 6.20. The Morgan fingerprint density at radius 2 is 1.88 bits per heavy atom. The maximum atomic E-state index is 12.1. The number of alkyl halides is 1. The first-order valence-electron chi connectivity index (χ1n) is 5.20. The molecule has 0 radical (unpaired) electrons. The van der Waals surface area contributed by atoms with Gasteiger partial charge in [0, 0.05) is 23.4 Å². The zero-order valence-corrected chi connectivity index (χ0v) is 12.9. The average Bonchev–Trinajstić information content (AvgIpc) is 2.26. The fourth-order valence-electron chi connectivity index (χ4n) is 1.27. The Balaban J connectivity index is 2.84. The topological polar surface area (TPSA) is 37.4 Å². The third-order valence-corrected chi connectivity index (χ3v) is 4.94. The molecule has 0 aliphatic carbocycles. The quantitative estimate of drug-likeness (QED) is 0.772. The van der Waals surface area contributed by atoms with Crippen LogP contribution in [-0.2, 0) is 10.0 Å². The van der Waals surface area contributed by atoms with Crippen molar-refractivity contribution in [2.45, 2.75) is 23.1 Å². The predicted octanol–water partition coefficient (Wildman–Crippen LogP) is 3.13. The normalized spacial score (nSPS) is 13.9. The Kier molecular flexibility index (Phi) is 5.44. The molecule has 0 N–H and O–H groups in total. The largest absolute Gasteiger partial charge is 0.242 e. The van der Waals surface area contributed by atoms with Gasteiger partial charge in [0.1, 0.15) is 0 Å². The highest BCUT2D eigenvalue weighted by atomic mass is 79.9. The van der Waals surface area contributed by atoms with E-state index in [0.717, 1.165) is 6.42 Å². The lowest BCUT2D eigenvalue weighted by Gasteiger charge is -2.17. The molecule has 1 rings (SSSR count). The summed E-state index contributed by atoms with van der Waals surface area (Å²) in [4.78, 5) is 0.567. The molecule has 17 heavy (non-hydrogen) atoms. The van der Waals surface area contributed by atoms with Gasteiger partial charge < -0.3 is 0 Å². The minimum Gasteiger partial charge on any atom is -0.207 e. The predicted molar refractivity (Wildman–Crippen MR) is 74.3 cm³/mol. The zero-order chi connectivity index (χ0) is 13.1. The molecule has 1 aromatic rings. The second-order valence-corrected chi connectivity index (χ2v) is 7.89. The summed E-state index contributed by atoms with van der Waals surface area (Å²) < 4.78 is 25.6. The molecule has 0 aromatic heterocycles. The monoisotopic (exact) mass is 339 g/mol. The molecule has 0 saturated carbocycles. The van der Waals surface area contributed by atoms with Gasteiger partial charge in [-0.25, -0.2) is 12.7 Å². The van der Waals surface area contributed by atoms with E-state index in [2.05, 4.69) is 15.9 Å². The smallest absolute Gasteiger partial charge is 0.207 e. The van der Waals surface area contributed by atoms with E-state index in [4.69, 9.17) is 11.6 Å². The van der Waals surface area contributed by atoms with Crippen molar-refractivity contribution in [2.24, 2.45) is 0 Å². The van der Waals surface area contributed by atoms with E-state index in [1.54, 1.807) is 19.2 Å². The number of halogens is 2. The van der Waals surface area contributed by atoms with Crippen LogP contribution in [0.25, 0.3) is 0 Å². The van der Waals surface area contributed by atoms with Crippen LogP contribution < -0.4 is 0 Å². The number of hydrogen-bond donors (Lipinski definition) is 0. The first-order valence-corrected chi connectivity index (χ1v) is 7.93. The Hall–Kier alpha value is -0.100. The molecule has 0 amide bonds. The molecule has 3 nitrogen and oxygen atoms in total. The molecule has 0 fully saturated rings. The van der Waals surface area contributed by atoms with Gasteiger partial charge in [0.2, 0.25) is 10.0 Å². The number of sulfonamides is 1. The van der Waals surface area contributed by atoms with Crippen molar-refractivity contribution < 1.29 is 8.42 Å². The minimum absolute atomic E-state index is 0.270. The van der Waals surface area contributed by atoms with Gasteiger partial charge in [0.25, 0.3) is 0 Å². The van der Waals surface area contributed by atoms with E-state index in [0.29, 0.717) is 16.4 Å². The first-order chi connectivity index (χ1) is 7.84. The summed E-state index contributed by atoms with van der Waals surface area (Å²) in [5.41, 5.74) is 0. The van der Waals surface area contributed by atoms with Gasteiger partial charge in [-0.1, -0.05) is 34.5 Å². The van der Waals surface area contributed by atoms with E-state index in [9.17, 15) is 8.42 Å². The van der Waals surface area contributed by atoms with E-state index >= 15 is 0 Å². The standard InChI is InChI=1S/C11H15BrClNO2S/c1-9(12)7-8-14(2)17(15,16)11-5-3-10(13)4-6-11/h3-6,9H,7-8H2,1-2H3. The molecule has 0 saturated heterocycles. The molecule has 0 spiro atoms. The SMILES string of the molecule is CC(Br)CCN(C)S(=O)(=O)c1ccc(Cl)cc1. The molecule has 0 aliphatic rings. The number of hydrogen-bond acceptors (Lipinski definition) is 2. The fourth-order valence-corrected chi connectivity index (χ4v) is 2.78. The van der Waals surface area contributed by atoms with E-state index in [-0.39, 0.29) is 4.90 Å². The Labute approximate surface area is 116 Å². The summed E-state index contributed by atoms with van der Waals surface area (Å²) in [5.74, 6) is 0. The van der Waals surface area contributed by atoms with Crippen molar-refractivity contribution in [1.82, 2.24) is 4.31 Å². The van der Waals surface area contributed by atoms with Gasteiger partial charge >= 0.3 is 0 Å². The first kappa shape index (κ1) is 15.0. The van der Waals surface area contributed by atoms with Crippen LogP contribution in [0.5, 0.6) is 0 Å². The Morgan fingerprint density at radius 3 is 2.35 bits per heavy atom. The maximum Gasteiger partial charge on any atom is 0.242 e. The molecule has 1 atom stereocenters. The molecule has 0 bridgehead atoms. The second kappa shape index (κ2) is 6.18. The van der Waals surface area contributed by atoms with Crippen LogP contribution >= 0.6 is 27.5 Å². The van der Waals surface area contributed by atoms with Gasteiger partial charge in [-0.05, 0) is 30.7 Å². The molecule has 1 unspecified atom stereocenters. The van der Waals surface area contributed by atoms with Crippen LogP contribution in [0.2, 0.25) is 5.02 Å². The van der Waals surface area contributed by atoms with Gasteiger partial charge in [-0.3, -0.25) is 0 Å². The van der Waals surface area contributed by atoms with Crippen molar-refractivity contribution in [3.8, 4) is 0 Å². The molecule has 96 valence electrons. The van der Waals surface area contributed by atoms with Crippen molar-refractivity contribution in [3.63, 3.8) is 0 Å². The molecular formula is C11H15BrClNO2S. The number of rotatable bonds is 5. The van der Waals surface area contributed by atoms with Crippen molar-refractivity contribution in [2.75, 3.05) is 13.6 Å². The molecule has 0 aliphatic heterocycles. The highest BCUT2D eigenvalue weighted by Gasteiger charge is 2.20. The van der Waals surface area contributed by atoms with Crippen LogP contribution in [0.15, 0.2) is 29.2 Å². The van der Waals surface area contributed by atoms with Crippen LogP contribution in [0.1, 0.15) is 13.3 Å². The van der Waals surface area contributed by atoms with Gasteiger partial charge in [0.15, 0.2) is 0 Å². The second-order valence-electron chi connectivity index (χ2n) is 3.85. The van der Waals surface area contributed by atoms with E-state index in [1.807, 2.05) is 6.92 Å². The van der Waals surface area contributed by atoms with Gasteiger partial charge in [-0.2, -0.15) is 0 Å². The highest BCUT2D eigenvalue weighted by Crippen LogP contribution is 2.18. The van der Waals surface area contributed by atoms with Crippen LogP contribution in [0, 0.1) is 0 Å². The lowest BCUT2D eigenvalue weighted by molar-refractivity contribution is 0.462. The molecule has 6 heteroatoms. The Bertz CT molecular complexity index is 459. The molecule has 0 heterocycles. The summed E-state index contributed by atoms with van der Waals surface area (Å²) in [5, 5.41) is 0.528. The van der Waals surface area contributed by atoms with Crippen molar-refractivity contribution >= 4 is 37.6 Å². The summed E-state index contributed by atoms with van der Waals surface area (Å²) in [6.45, 7) is 2.47. The fraction of sp³-hybridized carbons (Fsp3) is 0.455. The summed E-state index contributed by atoms with van der Waals surface area (Å²) >= 11 is 9.13. The maximum absolute atomic E-state index is 12.1. The zero-order valence-electron chi connectivity index (χ0n) is 9.73. The number of benzene rings is 1. The van der Waals surface area contributed by atoms with Crippen LogP contribution in [0.3, 0.4) is 0 Å². The lowest BCUT2D eigenvalue weighted by Crippen LogP contribution is -2.28. The molecular weight excluding hydrogens is 326 g/mol. The van der Waals surface area contributed by atoms with E-state index in [1.165, 1.54) is 16.4 Å². The van der Waals surface area contributed by atoms with Crippen LogP contribution in [0.4, 0.5) is 0 Å². The average molecular weight is 341 g/mol. The van der Waals surface area contributed by atoms with E-state index < -0.39 is 10.0 Å². The van der Waals surface area contributed by atoms with Crippen molar-refractivity contribution in [3.05, 3.63) is 29.3 Å². The minimum atomic E-state index is -3.40. The van der Waals surface area contributed by atoms with Gasteiger partial charge in [-0.15, -0.1) is 0 Å². The summed E-state index contributed by atoms with van der Waals surface area (Å²) in [7, 11) is -1.81. The van der Waals surface area contributed by atoms with Gasteiger partial charge in [0.05, 0.1) is 4.90 Å². The lowest BCUT2D eigenvalue weighted by atomic mass is 10.3. The summed E-state index contributed by atoms with van der Waals surface area (Å²) in [6.07, 6.45) is 0.767. The third-order valence-electron chi connectivity index (χ3n) is 2.36. The highest BCUT2D eigenvalue weighted by molar-refractivity contribution is 9.09. The third kappa shape index (κ3) is 4.25. The number of nitrogens with zero attached hydrogens (tertiary/aromatic N) is 1. The molecule has 1 aromatic carbocycles. The van der Waals surface area contributed by atoms with Crippen molar-refractivity contribution in [1.29, 1.82) is 0 Å². The van der Waals surface area contributed by atoms with Crippen LogP contribution in [-0.4, -0.2) is 31.1 Å².